The third-order valence-electron chi connectivity index (χ3n) is 2.78. The molecule has 1 aromatic heterocycles. The van der Waals surface area contributed by atoms with E-state index >= 15 is 0 Å². The van der Waals surface area contributed by atoms with Crippen LogP contribution in [-0.4, -0.2) is 4.92 Å². The van der Waals surface area contributed by atoms with Crippen molar-refractivity contribution in [3.63, 3.8) is 0 Å². The van der Waals surface area contributed by atoms with Gasteiger partial charge in [0, 0.05) is 11.6 Å². The molecule has 1 unspecified atom stereocenters. The first kappa shape index (κ1) is 13.2. The molecule has 1 heterocycles. The van der Waals surface area contributed by atoms with E-state index in [1.807, 2.05) is 6.92 Å². The molecule has 0 fully saturated rings. The van der Waals surface area contributed by atoms with Gasteiger partial charge in [-0.05, 0) is 19.1 Å². The molecule has 2 rings (SSSR count). The van der Waals surface area contributed by atoms with Crippen LogP contribution < -0.4 is 5.32 Å². The van der Waals surface area contributed by atoms with Crippen molar-refractivity contribution in [3.05, 3.63) is 63.7 Å². The van der Waals surface area contributed by atoms with E-state index in [-0.39, 0.29) is 17.7 Å². The Bertz CT molecular complexity index is 583. The Balaban J connectivity index is 1.98. The molecule has 0 amide bonds. The van der Waals surface area contributed by atoms with Crippen LogP contribution in [-0.2, 0) is 6.54 Å². The lowest BCUT2D eigenvalue weighted by Gasteiger charge is -2.13. The molecule has 100 valence electrons. The van der Waals surface area contributed by atoms with E-state index in [0.29, 0.717) is 17.9 Å². The van der Waals surface area contributed by atoms with Gasteiger partial charge in [-0.1, -0.05) is 18.2 Å². The number of nitro groups is 1. The van der Waals surface area contributed by atoms with Gasteiger partial charge in [0.25, 0.3) is 0 Å². The van der Waals surface area contributed by atoms with Crippen molar-refractivity contribution in [2.75, 3.05) is 0 Å². The van der Waals surface area contributed by atoms with Crippen molar-refractivity contribution < 1.29 is 13.7 Å². The zero-order valence-corrected chi connectivity index (χ0v) is 10.3. The topological polar surface area (TPSA) is 68.3 Å². The molecule has 1 atom stereocenters. The van der Waals surface area contributed by atoms with Gasteiger partial charge in [0.05, 0.1) is 12.6 Å². The van der Waals surface area contributed by atoms with Crippen LogP contribution in [0.4, 0.5) is 10.3 Å². The second kappa shape index (κ2) is 5.62. The molecule has 0 aliphatic heterocycles. The highest BCUT2D eigenvalue weighted by molar-refractivity contribution is 5.21. The SMILES string of the molecule is CC(NCc1ccc([N+](=O)[O-])o1)c1ccccc1F. The molecule has 2 aromatic rings. The Kier molecular flexibility index (Phi) is 3.91. The van der Waals surface area contributed by atoms with E-state index < -0.39 is 4.92 Å². The second-order valence-corrected chi connectivity index (χ2v) is 4.12. The van der Waals surface area contributed by atoms with Crippen molar-refractivity contribution in [1.29, 1.82) is 0 Å². The molecule has 1 aromatic carbocycles. The zero-order valence-electron chi connectivity index (χ0n) is 10.3. The molecule has 0 radical (unpaired) electrons. The quantitative estimate of drug-likeness (QED) is 0.665. The fraction of sp³-hybridized carbons (Fsp3) is 0.231. The molecule has 5 nitrogen and oxygen atoms in total. The fourth-order valence-corrected chi connectivity index (χ4v) is 1.75. The predicted octanol–water partition coefficient (Wildman–Crippen LogP) is 3.18. The van der Waals surface area contributed by atoms with Crippen molar-refractivity contribution in [3.8, 4) is 0 Å². The van der Waals surface area contributed by atoms with Gasteiger partial charge in [-0.3, -0.25) is 10.1 Å². The highest BCUT2D eigenvalue weighted by atomic mass is 19.1. The Labute approximate surface area is 109 Å². The number of benzene rings is 1. The van der Waals surface area contributed by atoms with Gasteiger partial charge < -0.3 is 9.73 Å². The van der Waals surface area contributed by atoms with Gasteiger partial charge in [-0.2, -0.15) is 0 Å². The van der Waals surface area contributed by atoms with Crippen LogP contribution in [0.15, 0.2) is 40.8 Å². The summed E-state index contributed by atoms with van der Waals surface area (Å²) in [4.78, 5) is 9.87. The Morgan fingerprint density at radius 1 is 1.37 bits per heavy atom. The summed E-state index contributed by atoms with van der Waals surface area (Å²) in [6.07, 6.45) is 0. The number of rotatable bonds is 5. The van der Waals surface area contributed by atoms with Crippen LogP contribution in [0.25, 0.3) is 0 Å². The lowest BCUT2D eigenvalue weighted by atomic mass is 10.1. The summed E-state index contributed by atoms with van der Waals surface area (Å²) < 4.78 is 18.5. The Morgan fingerprint density at radius 3 is 2.74 bits per heavy atom. The highest BCUT2D eigenvalue weighted by Crippen LogP contribution is 2.19. The van der Waals surface area contributed by atoms with E-state index in [2.05, 4.69) is 5.32 Å². The van der Waals surface area contributed by atoms with Crippen LogP contribution in [0, 0.1) is 15.9 Å². The maximum Gasteiger partial charge on any atom is 0.433 e. The molecule has 1 N–H and O–H groups in total. The van der Waals surface area contributed by atoms with Gasteiger partial charge in [0.2, 0.25) is 0 Å². The minimum Gasteiger partial charge on any atom is -0.404 e. The van der Waals surface area contributed by atoms with Crippen LogP contribution in [0.1, 0.15) is 24.3 Å². The molecule has 0 spiro atoms. The molecule has 6 heteroatoms. The first-order valence-electron chi connectivity index (χ1n) is 5.79. The van der Waals surface area contributed by atoms with Gasteiger partial charge >= 0.3 is 5.88 Å². The average molecular weight is 264 g/mol. The normalized spacial score (nSPS) is 12.3. The number of nitrogens with zero attached hydrogens (tertiary/aromatic N) is 1. The monoisotopic (exact) mass is 264 g/mol. The smallest absolute Gasteiger partial charge is 0.404 e. The summed E-state index contributed by atoms with van der Waals surface area (Å²) in [6, 6.07) is 9.08. The minimum atomic E-state index is -0.593. The second-order valence-electron chi connectivity index (χ2n) is 4.12. The van der Waals surface area contributed by atoms with Crippen molar-refractivity contribution in [2.24, 2.45) is 0 Å². The summed E-state index contributed by atoms with van der Waals surface area (Å²) in [5, 5.41) is 13.5. The number of hydrogen-bond donors (Lipinski definition) is 1. The molecule has 0 bridgehead atoms. The largest absolute Gasteiger partial charge is 0.433 e. The van der Waals surface area contributed by atoms with Gasteiger partial charge in [0.1, 0.15) is 16.5 Å². The third kappa shape index (κ3) is 3.17. The first-order chi connectivity index (χ1) is 9.08. The zero-order chi connectivity index (χ0) is 13.8. The van der Waals surface area contributed by atoms with Crippen LogP contribution in [0.5, 0.6) is 0 Å². The van der Waals surface area contributed by atoms with E-state index in [1.54, 1.807) is 18.2 Å². The summed E-state index contributed by atoms with van der Waals surface area (Å²) in [6.45, 7) is 2.11. The lowest BCUT2D eigenvalue weighted by Crippen LogP contribution is -2.18. The maximum absolute atomic E-state index is 13.5. The predicted molar refractivity (Wildman–Crippen MR) is 67.0 cm³/mol. The molecule has 0 aliphatic carbocycles. The van der Waals surface area contributed by atoms with E-state index in [0.717, 1.165) is 0 Å². The standard InChI is InChI=1S/C13H13FN2O3/c1-9(11-4-2-3-5-12(11)14)15-8-10-6-7-13(19-10)16(17)18/h2-7,9,15H,8H2,1H3. The van der Waals surface area contributed by atoms with Gasteiger partial charge in [-0.25, -0.2) is 4.39 Å². The maximum atomic E-state index is 13.5. The third-order valence-corrected chi connectivity index (χ3v) is 2.78. The molecule has 19 heavy (non-hydrogen) atoms. The summed E-state index contributed by atoms with van der Waals surface area (Å²) in [5.41, 5.74) is 0.545. The number of furan rings is 1. The first-order valence-corrected chi connectivity index (χ1v) is 5.79. The van der Waals surface area contributed by atoms with E-state index in [1.165, 1.54) is 18.2 Å². The fourth-order valence-electron chi connectivity index (χ4n) is 1.75. The van der Waals surface area contributed by atoms with Crippen LogP contribution >= 0.6 is 0 Å². The van der Waals surface area contributed by atoms with Gasteiger partial charge in [-0.15, -0.1) is 0 Å². The van der Waals surface area contributed by atoms with Crippen molar-refractivity contribution >= 4 is 5.88 Å². The summed E-state index contributed by atoms with van der Waals surface area (Å²) in [7, 11) is 0. The number of nitrogens with one attached hydrogen (secondary N) is 1. The Morgan fingerprint density at radius 2 is 2.11 bits per heavy atom. The van der Waals surface area contributed by atoms with E-state index in [4.69, 9.17) is 4.42 Å². The van der Waals surface area contributed by atoms with Crippen molar-refractivity contribution in [1.82, 2.24) is 5.32 Å². The Hall–Kier alpha value is -2.21. The summed E-state index contributed by atoms with van der Waals surface area (Å²) >= 11 is 0. The molecular formula is C13H13FN2O3. The van der Waals surface area contributed by atoms with Crippen LogP contribution in [0.2, 0.25) is 0 Å². The minimum absolute atomic E-state index is 0.217. The van der Waals surface area contributed by atoms with Crippen LogP contribution in [0.3, 0.4) is 0 Å². The average Bonchev–Trinajstić information content (AvgIpc) is 2.85. The molecule has 0 aliphatic rings. The number of hydrogen-bond acceptors (Lipinski definition) is 4. The molecule has 0 saturated heterocycles. The van der Waals surface area contributed by atoms with Crippen molar-refractivity contribution in [2.45, 2.75) is 19.5 Å². The summed E-state index contributed by atoms with van der Waals surface area (Å²) in [5.74, 6) is -0.141. The van der Waals surface area contributed by atoms with E-state index in [9.17, 15) is 14.5 Å². The molecule has 0 saturated carbocycles. The molecular weight excluding hydrogens is 251 g/mol. The highest BCUT2D eigenvalue weighted by Gasteiger charge is 2.14. The number of halogens is 1. The van der Waals surface area contributed by atoms with Gasteiger partial charge in [0.15, 0.2) is 0 Å². The lowest BCUT2D eigenvalue weighted by molar-refractivity contribution is -0.402.